The standard InChI is InChI=1S/C24H42O2/c1-3-5-19-8-13-22(14-9-19)24-17-12-21(18-26-24)7-6-20-10-15-23(16-11-20)25-4-2/h6-7,19-24H,3-5,8-18H2,1-2H3. The molecule has 2 nitrogen and oxygen atoms in total. The lowest BCUT2D eigenvalue weighted by molar-refractivity contribution is -0.0494. The van der Waals surface area contributed by atoms with E-state index in [1.807, 2.05) is 0 Å². The smallest absolute Gasteiger partial charge is 0.0603 e. The molecule has 0 aromatic rings. The number of allylic oxidation sites excluding steroid dienone is 1. The van der Waals surface area contributed by atoms with Gasteiger partial charge in [0.1, 0.15) is 0 Å². The lowest BCUT2D eigenvalue weighted by Crippen LogP contribution is -2.33. The van der Waals surface area contributed by atoms with Gasteiger partial charge in [0.05, 0.1) is 18.8 Å². The fourth-order valence-electron chi connectivity index (χ4n) is 5.57. The van der Waals surface area contributed by atoms with E-state index in [2.05, 4.69) is 26.0 Å². The van der Waals surface area contributed by atoms with Gasteiger partial charge in [-0.2, -0.15) is 0 Å². The highest BCUT2D eigenvalue weighted by atomic mass is 16.5. The van der Waals surface area contributed by atoms with E-state index in [4.69, 9.17) is 9.47 Å². The highest BCUT2D eigenvalue weighted by Crippen LogP contribution is 2.37. The van der Waals surface area contributed by atoms with Gasteiger partial charge in [0.25, 0.3) is 0 Å². The van der Waals surface area contributed by atoms with E-state index < -0.39 is 0 Å². The van der Waals surface area contributed by atoms with Crippen LogP contribution in [0.1, 0.15) is 90.9 Å². The zero-order valence-corrected chi connectivity index (χ0v) is 17.3. The Hall–Kier alpha value is -0.340. The molecule has 0 radical (unpaired) electrons. The zero-order chi connectivity index (χ0) is 18.2. The normalized spacial score (nSPS) is 39.3. The van der Waals surface area contributed by atoms with Crippen LogP contribution in [0.5, 0.6) is 0 Å². The second-order valence-electron chi connectivity index (χ2n) is 9.16. The second-order valence-corrected chi connectivity index (χ2v) is 9.16. The molecule has 2 saturated carbocycles. The third kappa shape index (κ3) is 6.09. The Bertz CT molecular complexity index is 394. The molecule has 0 bridgehead atoms. The summed E-state index contributed by atoms with van der Waals surface area (Å²) in [7, 11) is 0. The van der Waals surface area contributed by atoms with Crippen LogP contribution in [-0.2, 0) is 9.47 Å². The van der Waals surface area contributed by atoms with Crippen LogP contribution in [0.25, 0.3) is 0 Å². The van der Waals surface area contributed by atoms with E-state index in [1.165, 1.54) is 77.0 Å². The summed E-state index contributed by atoms with van der Waals surface area (Å²) >= 11 is 0. The Balaban J connectivity index is 1.33. The van der Waals surface area contributed by atoms with Crippen LogP contribution in [-0.4, -0.2) is 25.4 Å². The molecular formula is C24H42O2. The van der Waals surface area contributed by atoms with Gasteiger partial charge in [-0.3, -0.25) is 0 Å². The van der Waals surface area contributed by atoms with Crippen molar-refractivity contribution in [3.05, 3.63) is 12.2 Å². The van der Waals surface area contributed by atoms with Gasteiger partial charge < -0.3 is 9.47 Å². The molecule has 2 aliphatic carbocycles. The fourth-order valence-corrected chi connectivity index (χ4v) is 5.57. The van der Waals surface area contributed by atoms with Crippen molar-refractivity contribution >= 4 is 0 Å². The third-order valence-corrected chi connectivity index (χ3v) is 7.24. The largest absolute Gasteiger partial charge is 0.379 e. The maximum atomic E-state index is 6.34. The van der Waals surface area contributed by atoms with Gasteiger partial charge in [0.2, 0.25) is 0 Å². The van der Waals surface area contributed by atoms with Gasteiger partial charge in [-0.05, 0) is 76.0 Å². The van der Waals surface area contributed by atoms with E-state index in [1.54, 1.807) is 0 Å². The van der Waals surface area contributed by atoms with Gasteiger partial charge >= 0.3 is 0 Å². The molecule has 150 valence electrons. The van der Waals surface area contributed by atoms with Crippen molar-refractivity contribution in [3.8, 4) is 0 Å². The SMILES string of the molecule is CCCC1CCC(C2CCC(C=CC3CCC(OCC)CC3)CO2)CC1. The second kappa shape index (κ2) is 10.9. The summed E-state index contributed by atoms with van der Waals surface area (Å²) in [5, 5.41) is 0. The summed E-state index contributed by atoms with van der Waals surface area (Å²) in [6.45, 7) is 6.27. The van der Waals surface area contributed by atoms with Crippen molar-refractivity contribution in [2.75, 3.05) is 13.2 Å². The van der Waals surface area contributed by atoms with Crippen molar-refractivity contribution in [2.45, 2.75) is 103 Å². The van der Waals surface area contributed by atoms with E-state index in [0.717, 1.165) is 31.0 Å². The van der Waals surface area contributed by atoms with Crippen molar-refractivity contribution in [1.29, 1.82) is 0 Å². The van der Waals surface area contributed by atoms with Crippen molar-refractivity contribution in [1.82, 2.24) is 0 Å². The van der Waals surface area contributed by atoms with Crippen LogP contribution in [0, 0.1) is 23.7 Å². The molecule has 3 fully saturated rings. The average Bonchev–Trinajstić information content (AvgIpc) is 2.69. The lowest BCUT2D eigenvalue weighted by atomic mass is 9.76. The first kappa shape index (κ1) is 20.4. The van der Waals surface area contributed by atoms with Gasteiger partial charge in [-0.25, -0.2) is 0 Å². The van der Waals surface area contributed by atoms with E-state index in [9.17, 15) is 0 Å². The Morgan fingerprint density at radius 1 is 0.808 bits per heavy atom. The molecule has 0 aromatic carbocycles. The molecule has 2 unspecified atom stereocenters. The molecular weight excluding hydrogens is 320 g/mol. The van der Waals surface area contributed by atoms with E-state index in [-0.39, 0.29) is 0 Å². The Morgan fingerprint density at radius 3 is 2.12 bits per heavy atom. The molecule has 0 N–H and O–H groups in total. The molecule has 0 amide bonds. The van der Waals surface area contributed by atoms with Crippen LogP contribution in [0.2, 0.25) is 0 Å². The third-order valence-electron chi connectivity index (χ3n) is 7.24. The monoisotopic (exact) mass is 362 g/mol. The van der Waals surface area contributed by atoms with Crippen molar-refractivity contribution in [2.24, 2.45) is 23.7 Å². The van der Waals surface area contributed by atoms with E-state index in [0.29, 0.717) is 18.1 Å². The number of hydrogen-bond donors (Lipinski definition) is 0. The zero-order valence-electron chi connectivity index (χ0n) is 17.3. The molecule has 3 rings (SSSR count). The first-order valence-corrected chi connectivity index (χ1v) is 11.7. The highest BCUT2D eigenvalue weighted by Gasteiger charge is 2.31. The lowest BCUT2D eigenvalue weighted by Gasteiger charge is -2.37. The topological polar surface area (TPSA) is 18.5 Å². The van der Waals surface area contributed by atoms with Crippen LogP contribution < -0.4 is 0 Å². The Morgan fingerprint density at radius 2 is 1.50 bits per heavy atom. The number of rotatable bonds is 7. The molecule has 3 aliphatic rings. The van der Waals surface area contributed by atoms with Gasteiger partial charge in [0, 0.05) is 12.5 Å². The molecule has 26 heavy (non-hydrogen) atoms. The molecule has 2 atom stereocenters. The minimum absolute atomic E-state index is 0.524. The van der Waals surface area contributed by atoms with E-state index >= 15 is 0 Å². The maximum Gasteiger partial charge on any atom is 0.0603 e. The van der Waals surface area contributed by atoms with Crippen molar-refractivity contribution in [3.63, 3.8) is 0 Å². The molecule has 2 heteroatoms. The summed E-state index contributed by atoms with van der Waals surface area (Å²) < 4.78 is 12.1. The quantitative estimate of drug-likeness (QED) is 0.479. The summed E-state index contributed by atoms with van der Waals surface area (Å²) in [4.78, 5) is 0. The van der Waals surface area contributed by atoms with Gasteiger partial charge in [-0.1, -0.05) is 44.8 Å². The molecule has 0 aromatic heterocycles. The minimum atomic E-state index is 0.524. The number of hydrogen-bond acceptors (Lipinski definition) is 2. The Labute approximate surface area is 162 Å². The predicted octanol–water partition coefficient (Wildman–Crippen LogP) is 6.54. The average molecular weight is 363 g/mol. The van der Waals surface area contributed by atoms with Crippen LogP contribution in [0.4, 0.5) is 0 Å². The van der Waals surface area contributed by atoms with Crippen LogP contribution in [0.15, 0.2) is 12.2 Å². The van der Waals surface area contributed by atoms with Crippen molar-refractivity contribution < 1.29 is 9.47 Å². The Kier molecular flexibility index (Phi) is 8.52. The molecule has 1 saturated heterocycles. The fraction of sp³-hybridized carbons (Fsp3) is 0.917. The summed E-state index contributed by atoms with van der Waals surface area (Å²) in [5.41, 5.74) is 0. The van der Waals surface area contributed by atoms with Gasteiger partial charge in [0.15, 0.2) is 0 Å². The summed E-state index contributed by atoms with van der Waals surface area (Å²) in [6, 6.07) is 0. The minimum Gasteiger partial charge on any atom is -0.379 e. The molecule has 1 aliphatic heterocycles. The van der Waals surface area contributed by atoms with Gasteiger partial charge in [-0.15, -0.1) is 0 Å². The summed E-state index contributed by atoms with van der Waals surface area (Å²) in [5.74, 6) is 3.29. The first-order chi connectivity index (χ1) is 12.8. The van der Waals surface area contributed by atoms with Crippen LogP contribution >= 0.6 is 0 Å². The first-order valence-electron chi connectivity index (χ1n) is 11.7. The highest BCUT2D eigenvalue weighted by molar-refractivity contribution is 4.96. The van der Waals surface area contributed by atoms with Crippen LogP contribution in [0.3, 0.4) is 0 Å². The number of ether oxygens (including phenoxy) is 2. The predicted molar refractivity (Wildman–Crippen MR) is 109 cm³/mol. The molecule has 1 heterocycles. The maximum absolute atomic E-state index is 6.34. The molecule has 0 spiro atoms. The summed E-state index contributed by atoms with van der Waals surface area (Å²) in [6.07, 6.45) is 22.3.